The first-order valence-corrected chi connectivity index (χ1v) is 10.5. The van der Waals surface area contributed by atoms with Crippen molar-refractivity contribution >= 4 is 28.6 Å². The number of thiophene rings is 1. The number of rotatable bonds is 4. The van der Waals surface area contributed by atoms with E-state index >= 15 is 0 Å². The van der Waals surface area contributed by atoms with Crippen LogP contribution in [0.3, 0.4) is 0 Å². The Hall–Kier alpha value is -2.83. The minimum absolute atomic E-state index is 0.332. The van der Waals surface area contributed by atoms with E-state index in [0.717, 1.165) is 26.7 Å². The van der Waals surface area contributed by atoms with Crippen LogP contribution in [0.4, 0.5) is 4.39 Å². The molecule has 0 aliphatic rings. The average molecular weight is 412 g/mol. The van der Waals surface area contributed by atoms with Crippen molar-refractivity contribution in [1.82, 2.24) is 4.98 Å². The number of benzene rings is 2. The molecule has 2 heterocycles. The van der Waals surface area contributed by atoms with Gasteiger partial charge in [0.1, 0.15) is 10.8 Å². The van der Waals surface area contributed by atoms with Gasteiger partial charge >= 0.3 is 5.97 Å². The van der Waals surface area contributed by atoms with E-state index in [1.165, 1.54) is 12.1 Å². The molecule has 0 atom stereocenters. The zero-order chi connectivity index (χ0) is 20.1. The van der Waals surface area contributed by atoms with Crippen molar-refractivity contribution in [3.63, 3.8) is 0 Å². The number of carboxylic acids is 1. The Kier molecular flexibility index (Phi) is 6.34. The summed E-state index contributed by atoms with van der Waals surface area (Å²) in [7, 11) is 0. The molecule has 28 heavy (non-hydrogen) atoms. The fourth-order valence-electron chi connectivity index (χ4n) is 2.65. The predicted octanol–water partition coefficient (Wildman–Crippen LogP) is 7.07. The smallest absolute Gasteiger partial charge is 0.338 e. The Bertz CT molecular complexity index is 1090. The molecule has 0 aliphatic carbocycles. The van der Waals surface area contributed by atoms with Gasteiger partial charge in [-0.1, -0.05) is 44.2 Å². The third-order valence-corrected chi connectivity index (χ3v) is 5.81. The highest BCUT2D eigenvalue weighted by Crippen LogP contribution is 2.33. The second-order valence-electron chi connectivity index (χ2n) is 5.60. The SMILES string of the molecule is CC.O=C(O)c1cc(-c2cccc(-c3csc(-c4cccs4)n3)c2)ccc1F. The first-order chi connectivity index (χ1) is 13.6. The van der Waals surface area contributed by atoms with Gasteiger partial charge in [0.05, 0.1) is 16.1 Å². The molecule has 0 saturated heterocycles. The highest BCUT2D eigenvalue weighted by atomic mass is 32.1. The Morgan fingerprint density at radius 3 is 2.43 bits per heavy atom. The molecular weight excluding hydrogens is 393 g/mol. The van der Waals surface area contributed by atoms with Crippen molar-refractivity contribution < 1.29 is 14.3 Å². The van der Waals surface area contributed by atoms with Crippen molar-refractivity contribution in [3.8, 4) is 32.3 Å². The maximum Gasteiger partial charge on any atom is 0.338 e. The standard InChI is InChI=1S/C20H12FNO2S2.C2H6/c21-16-7-6-13(10-15(16)20(23)24)12-3-1-4-14(9-12)17-11-26-19(22-17)18-5-2-8-25-18;1-2/h1-11H,(H,23,24);1-2H3. The zero-order valence-electron chi connectivity index (χ0n) is 15.3. The summed E-state index contributed by atoms with van der Waals surface area (Å²) < 4.78 is 13.6. The van der Waals surface area contributed by atoms with Gasteiger partial charge in [-0.15, -0.1) is 22.7 Å². The topological polar surface area (TPSA) is 50.2 Å². The second-order valence-corrected chi connectivity index (χ2v) is 7.40. The quantitative estimate of drug-likeness (QED) is 0.391. The molecule has 2 aromatic carbocycles. The van der Waals surface area contributed by atoms with E-state index in [1.807, 2.05) is 61.0 Å². The molecule has 1 N–H and O–H groups in total. The normalized spacial score (nSPS) is 10.2. The summed E-state index contributed by atoms with van der Waals surface area (Å²) in [5.74, 6) is -2.02. The lowest BCUT2D eigenvalue weighted by Crippen LogP contribution is -2.00. The molecule has 0 radical (unpaired) electrons. The van der Waals surface area contributed by atoms with Gasteiger partial charge in [0, 0.05) is 10.9 Å². The van der Waals surface area contributed by atoms with E-state index in [9.17, 15) is 9.18 Å². The number of carboxylic acid groups (broad SMARTS) is 1. The second kappa shape index (κ2) is 8.91. The largest absolute Gasteiger partial charge is 0.478 e. The highest BCUT2D eigenvalue weighted by molar-refractivity contribution is 7.20. The van der Waals surface area contributed by atoms with Gasteiger partial charge in [0.25, 0.3) is 0 Å². The van der Waals surface area contributed by atoms with Crippen LogP contribution in [0.25, 0.3) is 32.3 Å². The zero-order valence-corrected chi connectivity index (χ0v) is 17.0. The minimum Gasteiger partial charge on any atom is -0.478 e. The lowest BCUT2D eigenvalue weighted by molar-refractivity contribution is 0.0692. The Labute approximate surface area is 170 Å². The molecule has 6 heteroatoms. The number of aromatic carboxylic acids is 1. The van der Waals surface area contributed by atoms with E-state index < -0.39 is 11.8 Å². The number of hydrogen-bond donors (Lipinski definition) is 1. The first kappa shape index (κ1) is 19.9. The van der Waals surface area contributed by atoms with E-state index in [0.29, 0.717) is 5.56 Å². The average Bonchev–Trinajstić information content (AvgIpc) is 3.41. The van der Waals surface area contributed by atoms with Crippen LogP contribution in [-0.4, -0.2) is 16.1 Å². The van der Waals surface area contributed by atoms with Gasteiger partial charge in [0.15, 0.2) is 0 Å². The molecule has 0 bridgehead atoms. The Morgan fingerprint density at radius 1 is 0.964 bits per heavy atom. The van der Waals surface area contributed by atoms with Crippen LogP contribution in [0, 0.1) is 5.82 Å². The van der Waals surface area contributed by atoms with E-state index in [4.69, 9.17) is 10.1 Å². The molecule has 0 saturated carbocycles. The summed E-state index contributed by atoms with van der Waals surface area (Å²) in [5.41, 5.74) is 2.93. The number of thiazole rings is 1. The number of nitrogens with zero attached hydrogens (tertiary/aromatic N) is 1. The monoisotopic (exact) mass is 411 g/mol. The molecule has 142 valence electrons. The summed E-state index contributed by atoms with van der Waals surface area (Å²) in [5, 5.41) is 14.1. The van der Waals surface area contributed by atoms with Crippen molar-refractivity contribution in [2.45, 2.75) is 13.8 Å². The third kappa shape index (κ3) is 4.18. The van der Waals surface area contributed by atoms with Crippen LogP contribution in [0.2, 0.25) is 0 Å². The molecule has 0 aliphatic heterocycles. The van der Waals surface area contributed by atoms with E-state index in [2.05, 4.69) is 0 Å². The fraction of sp³-hybridized carbons (Fsp3) is 0.0909. The van der Waals surface area contributed by atoms with Crippen LogP contribution in [0.1, 0.15) is 24.2 Å². The summed E-state index contributed by atoms with van der Waals surface area (Å²) in [6.07, 6.45) is 0. The molecule has 4 aromatic rings. The predicted molar refractivity (Wildman–Crippen MR) is 115 cm³/mol. The van der Waals surface area contributed by atoms with Crippen LogP contribution < -0.4 is 0 Å². The van der Waals surface area contributed by atoms with Gasteiger partial charge in [-0.2, -0.15) is 0 Å². The van der Waals surface area contributed by atoms with Gasteiger partial charge in [-0.05, 0) is 40.8 Å². The van der Waals surface area contributed by atoms with Crippen molar-refractivity contribution in [2.24, 2.45) is 0 Å². The molecule has 0 unspecified atom stereocenters. The maximum absolute atomic E-state index is 13.6. The number of carbonyl (C=O) groups is 1. The third-order valence-electron chi connectivity index (χ3n) is 3.92. The van der Waals surface area contributed by atoms with Gasteiger partial charge in [0.2, 0.25) is 0 Å². The van der Waals surface area contributed by atoms with Crippen molar-refractivity contribution in [1.29, 1.82) is 0 Å². The van der Waals surface area contributed by atoms with Crippen LogP contribution >= 0.6 is 22.7 Å². The van der Waals surface area contributed by atoms with Crippen molar-refractivity contribution in [2.75, 3.05) is 0 Å². The van der Waals surface area contributed by atoms with Crippen LogP contribution in [-0.2, 0) is 0 Å². The minimum atomic E-state index is -1.28. The van der Waals surface area contributed by atoms with E-state index in [1.54, 1.807) is 28.7 Å². The lowest BCUT2D eigenvalue weighted by atomic mass is 10.00. The van der Waals surface area contributed by atoms with Gasteiger partial charge < -0.3 is 5.11 Å². The Morgan fingerprint density at radius 2 is 1.71 bits per heavy atom. The molecular formula is C22H18FNO2S2. The summed E-state index contributed by atoms with van der Waals surface area (Å²) >= 11 is 3.23. The maximum atomic E-state index is 13.6. The van der Waals surface area contributed by atoms with E-state index in [-0.39, 0.29) is 5.56 Å². The first-order valence-electron chi connectivity index (χ1n) is 8.75. The summed E-state index contributed by atoms with van der Waals surface area (Å²) in [6.45, 7) is 4.00. The number of aromatic nitrogens is 1. The molecule has 0 amide bonds. The summed E-state index contributed by atoms with van der Waals surface area (Å²) in [6, 6.07) is 15.8. The van der Waals surface area contributed by atoms with Gasteiger partial charge in [-0.25, -0.2) is 14.2 Å². The number of halogens is 1. The van der Waals surface area contributed by atoms with Crippen LogP contribution in [0.15, 0.2) is 65.4 Å². The molecule has 3 nitrogen and oxygen atoms in total. The summed E-state index contributed by atoms with van der Waals surface area (Å²) in [4.78, 5) is 17.0. The lowest BCUT2D eigenvalue weighted by Gasteiger charge is -2.06. The van der Waals surface area contributed by atoms with Gasteiger partial charge in [-0.3, -0.25) is 0 Å². The molecule has 0 spiro atoms. The van der Waals surface area contributed by atoms with Crippen LogP contribution in [0.5, 0.6) is 0 Å². The van der Waals surface area contributed by atoms with Crippen molar-refractivity contribution in [3.05, 3.63) is 76.7 Å². The number of hydrogen-bond acceptors (Lipinski definition) is 4. The highest BCUT2D eigenvalue weighted by Gasteiger charge is 2.13. The Balaban J connectivity index is 0.00000109. The fourth-order valence-corrected chi connectivity index (χ4v) is 4.29. The molecule has 2 aromatic heterocycles. The molecule has 0 fully saturated rings. The molecule has 4 rings (SSSR count).